The number of likely N-dealkylation sites (N-methyl/N-ethyl adjacent to an activating group) is 1. The van der Waals surface area contributed by atoms with E-state index >= 15 is 0 Å². The topological polar surface area (TPSA) is 108 Å². The number of hydrogen-bond acceptors (Lipinski definition) is 7. The van der Waals surface area contributed by atoms with Gasteiger partial charge in [-0.15, -0.1) is 11.3 Å². The maximum atomic E-state index is 13.5. The van der Waals surface area contributed by atoms with E-state index in [2.05, 4.69) is 36.6 Å². The van der Waals surface area contributed by atoms with Crippen LogP contribution < -0.4 is 10.6 Å². The molecular weight excluding hydrogens is 733 g/mol. The molecule has 0 saturated heterocycles. The van der Waals surface area contributed by atoms with Crippen LogP contribution in [0.5, 0.6) is 0 Å². The highest BCUT2D eigenvalue weighted by atomic mass is 32.1. The highest BCUT2D eigenvalue weighted by molar-refractivity contribution is 7.17. The summed E-state index contributed by atoms with van der Waals surface area (Å²) in [5.74, 6) is -0.227. The first-order valence-electron chi connectivity index (χ1n) is 23.2. The smallest absolute Gasteiger partial charge is 0.305 e. The van der Waals surface area contributed by atoms with E-state index in [1.54, 1.807) is 0 Å². The van der Waals surface area contributed by atoms with Gasteiger partial charge in [0.05, 0.1) is 18.7 Å². The maximum absolute atomic E-state index is 13.5. The molecule has 3 amide bonds. The maximum Gasteiger partial charge on any atom is 0.305 e. The molecule has 0 fully saturated rings. The van der Waals surface area contributed by atoms with Gasteiger partial charge >= 0.3 is 5.97 Å². The number of allylic oxidation sites excluding steroid dienone is 2. The first-order valence-corrected chi connectivity index (χ1v) is 24.0. The molecule has 0 bridgehead atoms. The zero-order chi connectivity index (χ0) is 41.4. The first-order chi connectivity index (χ1) is 27.8. The Morgan fingerprint density at radius 1 is 0.702 bits per heavy atom. The molecule has 1 aliphatic rings. The van der Waals surface area contributed by atoms with Crippen LogP contribution in [0.15, 0.2) is 12.2 Å². The lowest BCUT2D eigenvalue weighted by Crippen LogP contribution is -2.36. The number of thiophene rings is 1. The van der Waals surface area contributed by atoms with E-state index in [1.165, 1.54) is 101 Å². The molecule has 0 aromatic carbocycles. The van der Waals surface area contributed by atoms with Gasteiger partial charge < -0.3 is 25.2 Å². The molecular formula is C47H82N4O5S. The lowest BCUT2D eigenvalue weighted by atomic mass is 10.0. The largest absolute Gasteiger partial charge is 0.466 e. The summed E-state index contributed by atoms with van der Waals surface area (Å²) in [5.41, 5.74) is 1.52. The quantitative estimate of drug-likeness (QED) is 0.0401. The first kappa shape index (κ1) is 50.4. The van der Waals surface area contributed by atoms with Crippen molar-refractivity contribution >= 4 is 40.0 Å². The van der Waals surface area contributed by atoms with Crippen LogP contribution in [0.4, 0.5) is 5.00 Å². The summed E-state index contributed by atoms with van der Waals surface area (Å²) in [6, 6.07) is 0. The molecule has 0 atom stereocenters. The third-order valence-corrected chi connectivity index (χ3v) is 12.1. The number of unbranched alkanes of at least 4 members (excludes halogenated alkanes) is 20. The predicted octanol–water partition coefficient (Wildman–Crippen LogP) is 11.5. The van der Waals surface area contributed by atoms with E-state index in [9.17, 15) is 19.2 Å². The summed E-state index contributed by atoms with van der Waals surface area (Å²) in [5, 5.41) is 6.69. The van der Waals surface area contributed by atoms with Gasteiger partial charge in [-0.1, -0.05) is 129 Å². The number of esters is 1. The Morgan fingerprint density at radius 2 is 1.25 bits per heavy atom. The lowest BCUT2D eigenvalue weighted by molar-refractivity contribution is -0.144. The number of amides is 3. The zero-order valence-electron chi connectivity index (χ0n) is 36.8. The highest BCUT2D eigenvalue weighted by Gasteiger charge is 2.30. The lowest BCUT2D eigenvalue weighted by Gasteiger charge is -2.27. The summed E-state index contributed by atoms with van der Waals surface area (Å²) in [4.78, 5) is 56.8. The number of anilines is 1. The molecule has 0 radical (unpaired) electrons. The summed E-state index contributed by atoms with van der Waals surface area (Å²) >= 11 is 1.44. The van der Waals surface area contributed by atoms with Crippen molar-refractivity contribution < 1.29 is 23.9 Å². The van der Waals surface area contributed by atoms with Crippen LogP contribution in [-0.4, -0.2) is 73.8 Å². The number of nitrogens with one attached hydrogen (secondary N) is 2. The van der Waals surface area contributed by atoms with Gasteiger partial charge in [0, 0.05) is 43.8 Å². The third kappa shape index (κ3) is 24.1. The molecule has 0 unspecified atom stereocenters. The van der Waals surface area contributed by atoms with Gasteiger partial charge in [0.15, 0.2) is 0 Å². The molecule has 326 valence electrons. The Bertz CT molecular complexity index is 1280. The van der Waals surface area contributed by atoms with Crippen molar-refractivity contribution in [2.75, 3.05) is 45.7 Å². The molecule has 2 N–H and O–H groups in total. The van der Waals surface area contributed by atoms with Gasteiger partial charge in [-0.25, -0.2) is 0 Å². The Kier molecular flexibility index (Phi) is 29.3. The number of carbonyl (C=O) groups is 4. The zero-order valence-corrected chi connectivity index (χ0v) is 37.6. The minimum absolute atomic E-state index is 0.109. The molecule has 0 spiro atoms. The molecule has 2 rings (SSSR count). The van der Waals surface area contributed by atoms with E-state index in [0.717, 1.165) is 74.8 Å². The molecule has 1 aromatic rings. The highest BCUT2D eigenvalue weighted by Crippen LogP contribution is 2.37. The summed E-state index contributed by atoms with van der Waals surface area (Å²) in [7, 11) is 3.94. The summed E-state index contributed by atoms with van der Waals surface area (Å²) in [6.07, 6.45) is 34.3. The van der Waals surface area contributed by atoms with Gasteiger partial charge in [-0.3, -0.25) is 19.2 Å². The van der Waals surface area contributed by atoms with Gasteiger partial charge in [-0.2, -0.15) is 0 Å². The van der Waals surface area contributed by atoms with Crippen molar-refractivity contribution in [2.24, 2.45) is 0 Å². The normalized spacial score (nSPS) is 12.7. The Balaban J connectivity index is 1.72. The van der Waals surface area contributed by atoms with Gasteiger partial charge in [-0.05, 0) is 77.4 Å². The Morgan fingerprint density at radius 3 is 1.86 bits per heavy atom. The van der Waals surface area contributed by atoms with Crippen molar-refractivity contribution in [1.82, 2.24) is 15.1 Å². The SMILES string of the molecule is CCCCCCCC/C=C\CCCCCCCC(=O)N1CCc2c(sc(NC(=O)CCCCCCC(=O)OCCCCCCCCC)c2C(=O)NCCN(C)C)C1. The number of hydrogen-bond donors (Lipinski definition) is 2. The molecule has 1 aliphatic heterocycles. The van der Waals surface area contributed by atoms with E-state index in [1.807, 2.05) is 23.9 Å². The second-order valence-corrected chi connectivity index (χ2v) is 17.6. The van der Waals surface area contributed by atoms with Gasteiger partial charge in [0.25, 0.3) is 5.91 Å². The molecule has 9 nitrogen and oxygen atoms in total. The van der Waals surface area contributed by atoms with Crippen LogP contribution in [-0.2, 0) is 32.1 Å². The van der Waals surface area contributed by atoms with Crippen LogP contribution in [0.2, 0.25) is 0 Å². The second-order valence-electron chi connectivity index (χ2n) is 16.5. The summed E-state index contributed by atoms with van der Waals surface area (Å²) in [6.45, 7) is 7.30. The number of carbonyl (C=O) groups excluding carboxylic acids is 4. The fourth-order valence-corrected chi connectivity index (χ4v) is 8.62. The van der Waals surface area contributed by atoms with E-state index in [4.69, 9.17) is 4.74 Å². The Labute approximate surface area is 351 Å². The molecule has 57 heavy (non-hydrogen) atoms. The molecule has 1 aromatic heterocycles. The number of rotatable bonds is 35. The van der Waals surface area contributed by atoms with Crippen LogP contribution in [0.1, 0.15) is 208 Å². The minimum atomic E-state index is -0.170. The molecule has 10 heteroatoms. The van der Waals surface area contributed by atoms with E-state index in [-0.39, 0.29) is 23.7 Å². The van der Waals surface area contributed by atoms with Crippen LogP contribution in [0.25, 0.3) is 0 Å². The number of nitrogens with zero attached hydrogens (tertiary/aromatic N) is 2. The summed E-state index contributed by atoms with van der Waals surface area (Å²) < 4.78 is 5.40. The van der Waals surface area contributed by atoms with Crippen molar-refractivity contribution in [3.8, 4) is 0 Å². The van der Waals surface area contributed by atoms with Crippen LogP contribution >= 0.6 is 11.3 Å². The third-order valence-electron chi connectivity index (χ3n) is 10.9. The second kappa shape index (κ2) is 33.1. The molecule has 0 saturated carbocycles. The van der Waals surface area contributed by atoms with Gasteiger partial charge in [0.1, 0.15) is 5.00 Å². The standard InChI is InChI=1S/C47H82N4O5S/c1-5-7-9-11-13-14-15-16-17-18-19-20-21-23-28-32-43(53)51-36-34-40-41(39-51)57-47(45(40)46(55)48-35-37-50(3)4)49-42(52)31-27-24-25-29-33-44(54)56-38-30-26-22-12-10-8-6-2/h16-17H,5-15,18-39H2,1-4H3,(H,48,55)(H,49,52)/b17-16-. The average Bonchev–Trinajstić information content (AvgIpc) is 3.55. The molecule has 2 heterocycles. The van der Waals surface area contributed by atoms with Crippen LogP contribution in [0, 0.1) is 0 Å². The fourth-order valence-electron chi connectivity index (χ4n) is 7.35. The van der Waals surface area contributed by atoms with Crippen molar-refractivity contribution in [1.29, 1.82) is 0 Å². The van der Waals surface area contributed by atoms with Crippen LogP contribution in [0.3, 0.4) is 0 Å². The van der Waals surface area contributed by atoms with Crippen molar-refractivity contribution in [3.05, 3.63) is 28.2 Å². The minimum Gasteiger partial charge on any atom is -0.466 e. The Hall–Kier alpha value is -2.72. The molecule has 0 aliphatic carbocycles. The van der Waals surface area contributed by atoms with E-state index < -0.39 is 0 Å². The number of fused-ring (bicyclic) bond motifs is 1. The fraction of sp³-hybridized carbons (Fsp3) is 0.787. The van der Waals surface area contributed by atoms with Crippen molar-refractivity contribution in [2.45, 2.75) is 200 Å². The van der Waals surface area contributed by atoms with E-state index in [0.29, 0.717) is 68.9 Å². The monoisotopic (exact) mass is 815 g/mol. The number of ether oxygens (including phenoxy) is 1. The average molecular weight is 815 g/mol. The predicted molar refractivity (Wildman–Crippen MR) is 239 cm³/mol. The van der Waals surface area contributed by atoms with Crippen molar-refractivity contribution in [3.63, 3.8) is 0 Å². The van der Waals surface area contributed by atoms with Gasteiger partial charge in [0.2, 0.25) is 11.8 Å².